The fourth-order valence-corrected chi connectivity index (χ4v) is 8.98. The summed E-state index contributed by atoms with van der Waals surface area (Å²) in [6.45, 7) is 9.03. The number of hydrogen-bond acceptors (Lipinski definition) is 2. The van der Waals surface area contributed by atoms with Crippen LogP contribution in [0.15, 0.2) is 194 Å². The zero-order chi connectivity index (χ0) is 38.7. The second kappa shape index (κ2) is 13.7. The van der Waals surface area contributed by atoms with E-state index in [4.69, 9.17) is 0 Å². The Morgan fingerprint density at radius 3 is 1.60 bits per heavy atom. The number of anilines is 6. The molecule has 0 saturated carbocycles. The number of fused-ring (bicyclic) bond motifs is 6. The molecule has 0 spiro atoms. The van der Waals surface area contributed by atoms with E-state index in [1.165, 1.54) is 66.1 Å². The van der Waals surface area contributed by atoms with E-state index in [1.807, 2.05) is 0 Å². The lowest BCUT2D eigenvalue weighted by molar-refractivity contribution is 0.660. The molecule has 0 radical (unpaired) electrons. The van der Waals surface area contributed by atoms with Crippen LogP contribution in [0.4, 0.5) is 34.1 Å². The predicted molar refractivity (Wildman–Crippen MR) is 243 cm³/mol. The molecule has 0 aromatic heterocycles. The third kappa shape index (κ3) is 5.88. The van der Waals surface area contributed by atoms with Gasteiger partial charge in [-0.3, -0.25) is 0 Å². The van der Waals surface area contributed by atoms with Gasteiger partial charge in [-0.05, 0) is 119 Å². The Balaban J connectivity index is 1.24. The van der Waals surface area contributed by atoms with Gasteiger partial charge < -0.3 is 9.80 Å². The highest BCUT2D eigenvalue weighted by molar-refractivity contribution is 6.19. The minimum absolute atomic E-state index is 0.133. The minimum atomic E-state index is -0.133. The molecule has 0 unspecified atom stereocenters. The molecule has 9 aromatic rings. The van der Waals surface area contributed by atoms with Crippen molar-refractivity contribution < 1.29 is 0 Å². The first-order valence-electron chi connectivity index (χ1n) is 19.9. The number of aryl methyl sites for hydroxylation is 2. The van der Waals surface area contributed by atoms with E-state index in [0.717, 1.165) is 34.1 Å². The summed E-state index contributed by atoms with van der Waals surface area (Å²) in [5.41, 5.74) is 16.9. The van der Waals surface area contributed by atoms with Gasteiger partial charge in [0.15, 0.2) is 0 Å². The standard InChI is InChI=1S/C55H44N2/c1-37-18-25-42(26-19-37)56(43-27-20-38(2)21-28-43)52-34-35-53(54-46-15-9-8-14-41(46)24-32-49(52)54)57(44-29-22-40(23-30-44)39-12-6-5-7-13-39)45-31-33-48-47-16-10-11-17-50(47)55(3,4)51(48)36-45/h5-36H,1-4H3. The van der Waals surface area contributed by atoms with Crippen LogP contribution in [0.1, 0.15) is 36.1 Å². The van der Waals surface area contributed by atoms with Crippen molar-refractivity contribution >= 4 is 55.7 Å². The Bertz CT molecular complexity index is 2880. The minimum Gasteiger partial charge on any atom is -0.310 e. The highest BCUT2D eigenvalue weighted by atomic mass is 15.2. The van der Waals surface area contributed by atoms with Crippen molar-refractivity contribution in [2.45, 2.75) is 33.1 Å². The van der Waals surface area contributed by atoms with Crippen LogP contribution in [-0.4, -0.2) is 0 Å². The second-order valence-electron chi connectivity index (χ2n) is 16.0. The van der Waals surface area contributed by atoms with Crippen LogP contribution in [0.3, 0.4) is 0 Å². The predicted octanol–water partition coefficient (Wildman–Crippen LogP) is 15.5. The fourth-order valence-electron chi connectivity index (χ4n) is 8.98. The normalized spacial score (nSPS) is 12.7. The maximum atomic E-state index is 2.48. The summed E-state index contributed by atoms with van der Waals surface area (Å²) in [5, 5.41) is 4.84. The Morgan fingerprint density at radius 2 is 0.895 bits per heavy atom. The zero-order valence-electron chi connectivity index (χ0n) is 32.9. The molecule has 2 heteroatoms. The van der Waals surface area contributed by atoms with E-state index >= 15 is 0 Å². The lowest BCUT2D eigenvalue weighted by atomic mass is 9.82. The van der Waals surface area contributed by atoms with Gasteiger partial charge in [-0.15, -0.1) is 0 Å². The van der Waals surface area contributed by atoms with Crippen LogP contribution in [0.2, 0.25) is 0 Å². The molecule has 0 saturated heterocycles. The summed E-state index contributed by atoms with van der Waals surface area (Å²) >= 11 is 0. The van der Waals surface area contributed by atoms with E-state index < -0.39 is 0 Å². The van der Waals surface area contributed by atoms with Crippen molar-refractivity contribution in [3.05, 3.63) is 216 Å². The largest absolute Gasteiger partial charge is 0.310 e. The summed E-state index contributed by atoms with van der Waals surface area (Å²) in [7, 11) is 0. The first kappa shape index (κ1) is 34.6. The topological polar surface area (TPSA) is 6.48 Å². The summed E-state index contributed by atoms with van der Waals surface area (Å²) in [6, 6.07) is 71.6. The number of nitrogens with zero attached hydrogens (tertiary/aromatic N) is 2. The van der Waals surface area contributed by atoms with Crippen LogP contribution in [0.25, 0.3) is 43.8 Å². The van der Waals surface area contributed by atoms with Crippen LogP contribution >= 0.6 is 0 Å². The van der Waals surface area contributed by atoms with E-state index in [-0.39, 0.29) is 5.41 Å². The molecule has 9 aromatic carbocycles. The third-order valence-electron chi connectivity index (χ3n) is 12.0. The van der Waals surface area contributed by atoms with Crippen molar-refractivity contribution in [2.75, 3.05) is 9.80 Å². The maximum absolute atomic E-state index is 2.48. The lowest BCUT2D eigenvalue weighted by Crippen LogP contribution is -2.17. The highest BCUT2D eigenvalue weighted by Crippen LogP contribution is 2.52. The molecule has 0 N–H and O–H groups in total. The average Bonchev–Trinajstić information content (AvgIpc) is 3.48. The maximum Gasteiger partial charge on any atom is 0.0547 e. The quantitative estimate of drug-likeness (QED) is 0.151. The number of benzene rings is 9. The van der Waals surface area contributed by atoms with Crippen LogP contribution in [-0.2, 0) is 5.41 Å². The highest BCUT2D eigenvalue weighted by Gasteiger charge is 2.36. The van der Waals surface area contributed by atoms with Gasteiger partial charge in [0.05, 0.1) is 11.4 Å². The second-order valence-corrected chi connectivity index (χ2v) is 16.0. The Hall–Kier alpha value is -6.90. The lowest BCUT2D eigenvalue weighted by Gasteiger charge is -2.32. The zero-order valence-corrected chi connectivity index (χ0v) is 32.9. The van der Waals surface area contributed by atoms with Crippen molar-refractivity contribution in [3.8, 4) is 22.3 Å². The van der Waals surface area contributed by atoms with E-state index in [0.29, 0.717) is 0 Å². The molecule has 0 bridgehead atoms. The molecule has 0 aliphatic heterocycles. The van der Waals surface area contributed by atoms with Gasteiger partial charge in [-0.1, -0.05) is 158 Å². The Morgan fingerprint density at radius 1 is 0.368 bits per heavy atom. The molecule has 0 fully saturated rings. The summed E-state index contributed by atoms with van der Waals surface area (Å²) in [5.74, 6) is 0. The summed E-state index contributed by atoms with van der Waals surface area (Å²) in [4.78, 5) is 4.89. The molecular formula is C55H44N2. The number of hydrogen-bond donors (Lipinski definition) is 0. The molecule has 2 nitrogen and oxygen atoms in total. The van der Waals surface area contributed by atoms with E-state index in [1.54, 1.807) is 0 Å². The first-order valence-corrected chi connectivity index (χ1v) is 19.9. The van der Waals surface area contributed by atoms with Gasteiger partial charge >= 0.3 is 0 Å². The monoisotopic (exact) mass is 732 g/mol. The molecular weight excluding hydrogens is 689 g/mol. The van der Waals surface area contributed by atoms with E-state index in [9.17, 15) is 0 Å². The van der Waals surface area contributed by atoms with Gasteiger partial charge in [0, 0.05) is 38.9 Å². The third-order valence-corrected chi connectivity index (χ3v) is 12.0. The fraction of sp³-hybridized carbons (Fsp3) is 0.0909. The van der Waals surface area contributed by atoms with Crippen molar-refractivity contribution in [3.63, 3.8) is 0 Å². The number of rotatable bonds is 7. The molecule has 0 amide bonds. The van der Waals surface area contributed by atoms with Crippen molar-refractivity contribution in [1.82, 2.24) is 0 Å². The molecule has 1 aliphatic carbocycles. The van der Waals surface area contributed by atoms with Crippen molar-refractivity contribution in [1.29, 1.82) is 0 Å². The van der Waals surface area contributed by atoms with Gasteiger partial charge in [0.1, 0.15) is 0 Å². The molecule has 57 heavy (non-hydrogen) atoms. The van der Waals surface area contributed by atoms with E-state index in [2.05, 4.69) is 232 Å². The van der Waals surface area contributed by atoms with Gasteiger partial charge in [0.25, 0.3) is 0 Å². The molecule has 10 rings (SSSR count). The SMILES string of the molecule is Cc1ccc(N(c2ccc(C)cc2)c2ccc(N(c3ccc(-c4ccccc4)cc3)c3ccc4c(c3)C(C)(C)c3ccccc3-4)c3c2ccc2ccccc23)cc1. The van der Waals surface area contributed by atoms with Crippen LogP contribution in [0.5, 0.6) is 0 Å². The first-order chi connectivity index (χ1) is 27.8. The Kier molecular flexibility index (Phi) is 8.30. The van der Waals surface area contributed by atoms with Gasteiger partial charge in [-0.25, -0.2) is 0 Å². The van der Waals surface area contributed by atoms with Gasteiger partial charge in [-0.2, -0.15) is 0 Å². The molecule has 1 aliphatic rings. The average molecular weight is 733 g/mol. The smallest absolute Gasteiger partial charge is 0.0547 e. The molecule has 0 heterocycles. The molecule has 0 atom stereocenters. The van der Waals surface area contributed by atoms with Crippen molar-refractivity contribution in [2.24, 2.45) is 0 Å². The Labute approximate surface area is 335 Å². The molecule has 274 valence electrons. The van der Waals surface area contributed by atoms with Crippen LogP contribution in [0, 0.1) is 13.8 Å². The van der Waals surface area contributed by atoms with Gasteiger partial charge in [0.2, 0.25) is 0 Å². The summed E-state index contributed by atoms with van der Waals surface area (Å²) < 4.78 is 0. The summed E-state index contributed by atoms with van der Waals surface area (Å²) in [6.07, 6.45) is 0. The van der Waals surface area contributed by atoms with Crippen LogP contribution < -0.4 is 9.80 Å².